The van der Waals surface area contributed by atoms with Crippen LogP contribution in [0.5, 0.6) is 0 Å². The zero-order valence-corrected chi connectivity index (χ0v) is 15.9. The van der Waals surface area contributed by atoms with Gasteiger partial charge in [0.2, 0.25) is 0 Å². The lowest BCUT2D eigenvalue weighted by molar-refractivity contribution is 0.533. The van der Waals surface area contributed by atoms with Gasteiger partial charge in [0.25, 0.3) is 0 Å². The van der Waals surface area contributed by atoms with Gasteiger partial charge in [-0.3, -0.25) is 4.68 Å². The van der Waals surface area contributed by atoms with Crippen molar-refractivity contribution in [1.82, 2.24) is 14.8 Å². The second-order valence-corrected chi connectivity index (χ2v) is 7.63. The molecule has 0 amide bonds. The second-order valence-electron chi connectivity index (χ2n) is 6.42. The van der Waals surface area contributed by atoms with E-state index in [9.17, 15) is 4.39 Å². The molecule has 0 bridgehead atoms. The van der Waals surface area contributed by atoms with Crippen LogP contribution in [0.4, 0.5) is 4.39 Å². The normalized spacial score (nSPS) is 14.2. The van der Waals surface area contributed by atoms with Crippen LogP contribution in [-0.2, 0) is 13.0 Å². The third kappa shape index (κ3) is 3.65. The first-order valence-corrected chi connectivity index (χ1v) is 9.30. The molecule has 4 nitrogen and oxygen atoms in total. The smallest absolute Gasteiger partial charge is 0.192 e. The fourth-order valence-electron chi connectivity index (χ4n) is 2.87. The molecular weight excluding hydrogens is 409 g/mol. The van der Waals surface area contributed by atoms with Gasteiger partial charge in [-0.1, -0.05) is 11.6 Å². The molecule has 130 valence electrons. The summed E-state index contributed by atoms with van der Waals surface area (Å²) in [5.41, 5.74) is 2.44. The second kappa shape index (κ2) is 6.57. The van der Waals surface area contributed by atoms with Crippen molar-refractivity contribution >= 4 is 27.5 Å². The van der Waals surface area contributed by atoms with Crippen molar-refractivity contribution in [2.24, 2.45) is 5.92 Å². The predicted molar refractivity (Wildman–Crippen MR) is 97.1 cm³/mol. The fourth-order valence-corrected chi connectivity index (χ4v) is 3.61. The zero-order valence-electron chi connectivity index (χ0n) is 13.6. The Morgan fingerprint density at radius 1 is 1.40 bits per heavy atom. The van der Waals surface area contributed by atoms with Gasteiger partial charge in [0.15, 0.2) is 16.8 Å². The first-order chi connectivity index (χ1) is 12.0. The molecule has 0 atom stereocenters. The van der Waals surface area contributed by atoms with Crippen molar-refractivity contribution < 1.29 is 8.81 Å². The summed E-state index contributed by atoms with van der Waals surface area (Å²) in [5, 5.41) is 4.88. The monoisotopic (exact) mass is 423 g/mol. The predicted octanol–water partition coefficient (Wildman–Crippen LogP) is 5.40. The van der Waals surface area contributed by atoms with Gasteiger partial charge in [0, 0.05) is 41.7 Å². The molecule has 1 aliphatic carbocycles. The Morgan fingerprint density at radius 3 is 2.92 bits per heavy atom. The van der Waals surface area contributed by atoms with Crippen molar-refractivity contribution in [2.45, 2.75) is 32.7 Å². The number of hydrogen-bond donors (Lipinski definition) is 0. The van der Waals surface area contributed by atoms with Crippen molar-refractivity contribution in [2.75, 3.05) is 0 Å². The molecule has 0 aliphatic heterocycles. The molecule has 4 rings (SSSR count). The van der Waals surface area contributed by atoms with Crippen LogP contribution < -0.4 is 0 Å². The molecular formula is C18H16BrClFN3O. The molecule has 2 heterocycles. The minimum absolute atomic E-state index is 0.308. The van der Waals surface area contributed by atoms with E-state index in [0.717, 1.165) is 29.3 Å². The number of benzene rings is 1. The van der Waals surface area contributed by atoms with Gasteiger partial charge in [0.05, 0.1) is 5.69 Å². The lowest BCUT2D eigenvalue weighted by Crippen LogP contribution is -1.99. The molecule has 7 heteroatoms. The van der Waals surface area contributed by atoms with E-state index >= 15 is 0 Å². The summed E-state index contributed by atoms with van der Waals surface area (Å²) < 4.78 is 21.7. The van der Waals surface area contributed by atoms with Crippen LogP contribution in [0.25, 0.3) is 11.3 Å². The molecule has 0 saturated heterocycles. The number of rotatable bonds is 5. The van der Waals surface area contributed by atoms with Gasteiger partial charge in [-0.05, 0) is 52.9 Å². The fraction of sp³-hybridized carbons (Fsp3) is 0.333. The number of halogens is 3. The van der Waals surface area contributed by atoms with Gasteiger partial charge < -0.3 is 4.42 Å². The van der Waals surface area contributed by atoms with E-state index in [1.807, 2.05) is 10.9 Å². The minimum atomic E-state index is -0.308. The molecule has 1 aliphatic rings. The molecule has 2 aromatic heterocycles. The summed E-state index contributed by atoms with van der Waals surface area (Å²) in [6, 6.07) is 4.50. The largest absolute Gasteiger partial charge is 0.441 e. The summed E-state index contributed by atoms with van der Waals surface area (Å²) in [6.07, 6.45) is 5.02. The molecule has 0 unspecified atom stereocenters. The maximum absolute atomic E-state index is 13.4. The average molecular weight is 425 g/mol. The summed E-state index contributed by atoms with van der Waals surface area (Å²) in [6.45, 7) is 2.70. The van der Waals surface area contributed by atoms with Gasteiger partial charge in [-0.25, -0.2) is 9.37 Å². The van der Waals surface area contributed by atoms with Crippen LogP contribution >= 0.6 is 27.5 Å². The van der Waals surface area contributed by atoms with Gasteiger partial charge in [0.1, 0.15) is 5.82 Å². The molecule has 0 spiro atoms. The van der Waals surface area contributed by atoms with Crippen LogP contribution in [0.2, 0.25) is 5.15 Å². The molecule has 3 aromatic rings. The van der Waals surface area contributed by atoms with Gasteiger partial charge in [-0.2, -0.15) is 5.10 Å². The van der Waals surface area contributed by atoms with E-state index in [2.05, 4.69) is 26.0 Å². The van der Waals surface area contributed by atoms with E-state index < -0.39 is 0 Å². The Balaban J connectivity index is 1.66. The number of oxazole rings is 1. The highest BCUT2D eigenvalue weighted by Crippen LogP contribution is 2.34. The summed E-state index contributed by atoms with van der Waals surface area (Å²) in [7, 11) is 0. The maximum atomic E-state index is 13.4. The highest BCUT2D eigenvalue weighted by Gasteiger charge is 2.23. The van der Waals surface area contributed by atoms with E-state index in [0.29, 0.717) is 27.7 Å². The number of nitrogens with zero attached hydrogens (tertiary/aromatic N) is 3. The maximum Gasteiger partial charge on any atom is 0.192 e. The molecule has 1 aromatic carbocycles. The molecule has 1 fully saturated rings. The number of aromatic nitrogens is 3. The highest BCUT2D eigenvalue weighted by atomic mass is 79.9. The van der Waals surface area contributed by atoms with Crippen molar-refractivity contribution in [1.29, 1.82) is 0 Å². The zero-order chi connectivity index (χ0) is 17.6. The van der Waals surface area contributed by atoms with Gasteiger partial charge in [-0.15, -0.1) is 0 Å². The summed E-state index contributed by atoms with van der Waals surface area (Å²) in [4.78, 5) is 4.49. The lowest BCUT2D eigenvalue weighted by Gasteiger charge is -2.04. The molecule has 0 radical (unpaired) electrons. The Hall–Kier alpha value is -1.66. The summed E-state index contributed by atoms with van der Waals surface area (Å²) in [5.74, 6) is 1.60. The molecule has 25 heavy (non-hydrogen) atoms. The Bertz CT molecular complexity index is 933. The molecule has 0 N–H and O–H groups in total. The van der Waals surface area contributed by atoms with Crippen LogP contribution in [0, 0.1) is 18.7 Å². The first kappa shape index (κ1) is 16.8. The average Bonchev–Trinajstić information content (AvgIpc) is 3.19. The van der Waals surface area contributed by atoms with Crippen molar-refractivity contribution in [3.8, 4) is 11.3 Å². The SMILES string of the molecule is Cc1nc(Cc2cn(CC3CC3)nc2Cl)c(-c2ccc(F)cc2Br)o1. The third-order valence-electron chi connectivity index (χ3n) is 4.27. The van der Waals surface area contributed by atoms with Crippen LogP contribution in [-0.4, -0.2) is 14.8 Å². The quantitative estimate of drug-likeness (QED) is 0.550. The number of aryl methyl sites for hydroxylation is 1. The van der Waals surface area contributed by atoms with E-state index in [4.69, 9.17) is 16.0 Å². The van der Waals surface area contributed by atoms with E-state index in [1.54, 1.807) is 13.0 Å². The Labute approximate surface area is 158 Å². The van der Waals surface area contributed by atoms with Crippen LogP contribution in [0.3, 0.4) is 0 Å². The standard InChI is InChI=1S/C18H16BrClFN3O/c1-10-22-16(17(25-10)14-5-4-13(21)7-15(14)19)6-12-9-24(23-18(12)20)8-11-2-3-11/h4-5,7,9,11H,2-3,6,8H2,1H3. The number of hydrogen-bond acceptors (Lipinski definition) is 3. The van der Waals surface area contributed by atoms with E-state index in [1.165, 1.54) is 25.0 Å². The summed E-state index contributed by atoms with van der Waals surface area (Å²) >= 11 is 9.70. The van der Waals surface area contributed by atoms with Gasteiger partial charge >= 0.3 is 0 Å². The highest BCUT2D eigenvalue weighted by molar-refractivity contribution is 9.10. The van der Waals surface area contributed by atoms with Crippen LogP contribution in [0.1, 0.15) is 30.0 Å². The third-order valence-corrected chi connectivity index (χ3v) is 5.24. The topological polar surface area (TPSA) is 43.9 Å². The van der Waals surface area contributed by atoms with Crippen LogP contribution in [0.15, 0.2) is 33.3 Å². The molecule has 1 saturated carbocycles. The first-order valence-electron chi connectivity index (χ1n) is 8.13. The van der Waals surface area contributed by atoms with Crippen molar-refractivity contribution in [3.63, 3.8) is 0 Å². The Kier molecular flexibility index (Phi) is 4.41. The Morgan fingerprint density at radius 2 is 2.20 bits per heavy atom. The van der Waals surface area contributed by atoms with E-state index in [-0.39, 0.29) is 5.82 Å². The lowest BCUT2D eigenvalue weighted by atomic mass is 10.1. The van der Waals surface area contributed by atoms with Crippen molar-refractivity contribution in [3.05, 3.63) is 57.0 Å². The minimum Gasteiger partial charge on any atom is -0.441 e.